The van der Waals surface area contributed by atoms with Crippen LogP contribution in [0.15, 0.2) is 18.2 Å². The lowest BCUT2D eigenvalue weighted by molar-refractivity contribution is 0.0741. The van der Waals surface area contributed by atoms with Crippen molar-refractivity contribution in [1.29, 1.82) is 0 Å². The van der Waals surface area contributed by atoms with Crippen LogP contribution >= 0.6 is 0 Å². The van der Waals surface area contributed by atoms with E-state index in [9.17, 15) is 4.79 Å². The first kappa shape index (κ1) is 10.9. The maximum absolute atomic E-state index is 12.1. The largest absolute Gasteiger partial charge is 0.335 e. The molecule has 0 radical (unpaired) electrons. The Morgan fingerprint density at radius 1 is 1.62 bits per heavy atom. The number of carbonyl (C=O) groups excluding carboxylic acids is 1. The van der Waals surface area contributed by atoms with Crippen molar-refractivity contribution in [3.05, 3.63) is 23.9 Å². The predicted molar refractivity (Wildman–Crippen MR) is 61.8 cm³/mol. The summed E-state index contributed by atoms with van der Waals surface area (Å²) in [5.74, 6) is 5.76. The molecule has 1 aliphatic rings. The van der Waals surface area contributed by atoms with Crippen LogP contribution in [0.3, 0.4) is 0 Å². The van der Waals surface area contributed by atoms with Crippen LogP contribution in [0.5, 0.6) is 0 Å². The molecule has 1 aliphatic heterocycles. The molecule has 0 spiro atoms. The molecule has 1 aromatic rings. The summed E-state index contributed by atoms with van der Waals surface area (Å²) in [5, 5.41) is 0. The van der Waals surface area contributed by atoms with Crippen molar-refractivity contribution in [2.75, 3.05) is 12.0 Å². The lowest BCUT2D eigenvalue weighted by Crippen LogP contribution is -2.34. The lowest BCUT2D eigenvalue weighted by Gasteiger charge is -2.20. The fourth-order valence-electron chi connectivity index (χ4n) is 2.02. The van der Waals surface area contributed by atoms with E-state index in [0.717, 1.165) is 19.4 Å². The molecule has 2 rings (SSSR count). The molecule has 0 aromatic carbocycles. The van der Waals surface area contributed by atoms with Crippen molar-refractivity contribution >= 4 is 11.7 Å². The number of hydrogen-bond donors (Lipinski definition) is 2. The second kappa shape index (κ2) is 4.49. The monoisotopic (exact) mass is 220 g/mol. The Balaban J connectivity index is 2.19. The first-order chi connectivity index (χ1) is 7.72. The highest BCUT2D eigenvalue weighted by molar-refractivity contribution is 5.93. The van der Waals surface area contributed by atoms with Crippen LogP contribution in [0.1, 0.15) is 30.3 Å². The number of hydrogen-bond acceptors (Lipinski definition) is 4. The van der Waals surface area contributed by atoms with Gasteiger partial charge >= 0.3 is 0 Å². The van der Waals surface area contributed by atoms with Gasteiger partial charge in [0.1, 0.15) is 11.5 Å². The Labute approximate surface area is 94.6 Å². The van der Waals surface area contributed by atoms with E-state index in [0.29, 0.717) is 17.6 Å². The highest BCUT2D eigenvalue weighted by Crippen LogP contribution is 2.19. The number of nitrogens with two attached hydrogens (primary N) is 1. The van der Waals surface area contributed by atoms with Crippen molar-refractivity contribution in [2.45, 2.75) is 25.8 Å². The molecule has 86 valence electrons. The predicted octanol–water partition coefficient (Wildman–Crippen LogP) is 0.992. The average Bonchev–Trinajstić information content (AvgIpc) is 2.74. The van der Waals surface area contributed by atoms with Gasteiger partial charge in [0.15, 0.2) is 0 Å². The SMILES string of the molecule is CC1CCCN1C(=O)c1cccc(NN)n1. The Kier molecular flexibility index (Phi) is 3.05. The number of carbonyl (C=O) groups is 1. The Bertz CT molecular complexity index is 393. The molecule has 1 atom stereocenters. The molecular weight excluding hydrogens is 204 g/mol. The van der Waals surface area contributed by atoms with Gasteiger partial charge in [-0.2, -0.15) is 0 Å². The number of rotatable bonds is 2. The zero-order chi connectivity index (χ0) is 11.5. The van der Waals surface area contributed by atoms with Crippen LogP contribution in [-0.4, -0.2) is 28.4 Å². The summed E-state index contributed by atoms with van der Waals surface area (Å²) < 4.78 is 0. The van der Waals surface area contributed by atoms with Gasteiger partial charge in [0, 0.05) is 12.6 Å². The molecule has 5 nitrogen and oxygen atoms in total. The van der Waals surface area contributed by atoms with Gasteiger partial charge in [-0.1, -0.05) is 6.07 Å². The Hall–Kier alpha value is -1.62. The molecular formula is C11H16N4O. The number of amides is 1. The van der Waals surface area contributed by atoms with Crippen molar-refractivity contribution in [3.63, 3.8) is 0 Å². The number of aromatic nitrogens is 1. The van der Waals surface area contributed by atoms with E-state index in [1.54, 1.807) is 18.2 Å². The van der Waals surface area contributed by atoms with E-state index in [1.165, 1.54) is 0 Å². The van der Waals surface area contributed by atoms with E-state index in [1.807, 2.05) is 4.90 Å². The number of nitrogens with one attached hydrogen (secondary N) is 1. The van der Waals surface area contributed by atoms with Gasteiger partial charge in [-0.3, -0.25) is 4.79 Å². The summed E-state index contributed by atoms with van der Waals surface area (Å²) in [6.45, 7) is 2.89. The van der Waals surface area contributed by atoms with Gasteiger partial charge in [-0.15, -0.1) is 0 Å². The third kappa shape index (κ3) is 1.99. The first-order valence-electron chi connectivity index (χ1n) is 5.47. The highest BCUT2D eigenvalue weighted by atomic mass is 16.2. The summed E-state index contributed by atoms with van der Waals surface area (Å²) in [4.78, 5) is 18.1. The van der Waals surface area contributed by atoms with E-state index < -0.39 is 0 Å². The molecule has 0 bridgehead atoms. The number of nitrogen functional groups attached to an aromatic ring is 1. The van der Waals surface area contributed by atoms with E-state index in [2.05, 4.69) is 17.3 Å². The summed E-state index contributed by atoms with van der Waals surface area (Å²) in [7, 11) is 0. The molecule has 5 heteroatoms. The Morgan fingerprint density at radius 2 is 2.44 bits per heavy atom. The molecule has 2 heterocycles. The van der Waals surface area contributed by atoms with Gasteiger partial charge in [-0.25, -0.2) is 10.8 Å². The molecule has 1 aromatic heterocycles. The van der Waals surface area contributed by atoms with Crippen LogP contribution in [0, 0.1) is 0 Å². The molecule has 0 saturated carbocycles. The minimum atomic E-state index is -0.0119. The maximum Gasteiger partial charge on any atom is 0.272 e. The molecule has 1 fully saturated rings. The third-order valence-corrected chi connectivity index (χ3v) is 2.93. The van der Waals surface area contributed by atoms with Crippen molar-refractivity contribution in [1.82, 2.24) is 9.88 Å². The summed E-state index contributed by atoms with van der Waals surface area (Å²) in [5.41, 5.74) is 2.89. The molecule has 0 aliphatic carbocycles. The second-order valence-corrected chi connectivity index (χ2v) is 4.04. The van der Waals surface area contributed by atoms with Gasteiger partial charge in [-0.05, 0) is 31.9 Å². The Morgan fingerprint density at radius 3 is 3.06 bits per heavy atom. The fourth-order valence-corrected chi connectivity index (χ4v) is 2.02. The van der Waals surface area contributed by atoms with E-state index >= 15 is 0 Å². The van der Waals surface area contributed by atoms with E-state index in [-0.39, 0.29) is 5.91 Å². The second-order valence-electron chi connectivity index (χ2n) is 4.04. The topological polar surface area (TPSA) is 71.2 Å². The van der Waals surface area contributed by atoms with Gasteiger partial charge < -0.3 is 10.3 Å². The van der Waals surface area contributed by atoms with Crippen molar-refractivity contribution in [2.24, 2.45) is 5.84 Å². The quantitative estimate of drug-likeness (QED) is 0.576. The average molecular weight is 220 g/mol. The normalized spacial score (nSPS) is 19.9. The minimum absolute atomic E-state index is 0.0119. The molecule has 1 saturated heterocycles. The zero-order valence-corrected chi connectivity index (χ0v) is 9.31. The van der Waals surface area contributed by atoms with Crippen molar-refractivity contribution in [3.8, 4) is 0 Å². The number of nitrogens with zero attached hydrogens (tertiary/aromatic N) is 2. The zero-order valence-electron chi connectivity index (χ0n) is 9.31. The van der Waals surface area contributed by atoms with E-state index in [4.69, 9.17) is 5.84 Å². The van der Waals surface area contributed by atoms with Gasteiger partial charge in [0.25, 0.3) is 5.91 Å². The molecule has 3 N–H and O–H groups in total. The number of anilines is 1. The van der Waals surface area contributed by atoms with Crippen LogP contribution in [0.2, 0.25) is 0 Å². The molecule has 1 amide bonds. The molecule has 1 unspecified atom stereocenters. The third-order valence-electron chi connectivity index (χ3n) is 2.93. The number of likely N-dealkylation sites (tertiary alicyclic amines) is 1. The molecule has 16 heavy (non-hydrogen) atoms. The van der Waals surface area contributed by atoms with Gasteiger partial charge in [0.2, 0.25) is 0 Å². The van der Waals surface area contributed by atoms with Crippen LogP contribution in [0.4, 0.5) is 5.82 Å². The smallest absolute Gasteiger partial charge is 0.272 e. The first-order valence-corrected chi connectivity index (χ1v) is 5.47. The van der Waals surface area contributed by atoms with Crippen LogP contribution in [-0.2, 0) is 0 Å². The summed E-state index contributed by atoms with van der Waals surface area (Å²) in [6, 6.07) is 5.53. The van der Waals surface area contributed by atoms with Crippen LogP contribution in [0.25, 0.3) is 0 Å². The standard InChI is InChI=1S/C11H16N4O/c1-8-4-3-7-15(8)11(16)9-5-2-6-10(13-9)14-12/h2,5-6,8H,3-4,7,12H2,1H3,(H,13,14). The number of hydrazine groups is 1. The number of pyridine rings is 1. The minimum Gasteiger partial charge on any atom is -0.335 e. The summed E-state index contributed by atoms with van der Waals surface area (Å²) >= 11 is 0. The summed E-state index contributed by atoms with van der Waals surface area (Å²) in [6.07, 6.45) is 2.14. The lowest BCUT2D eigenvalue weighted by atomic mass is 10.2. The maximum atomic E-state index is 12.1. The van der Waals surface area contributed by atoms with Gasteiger partial charge in [0.05, 0.1) is 0 Å². The van der Waals surface area contributed by atoms with Crippen LogP contribution < -0.4 is 11.3 Å². The highest BCUT2D eigenvalue weighted by Gasteiger charge is 2.26. The van der Waals surface area contributed by atoms with Crippen molar-refractivity contribution < 1.29 is 4.79 Å². The fraction of sp³-hybridized carbons (Fsp3) is 0.455.